The van der Waals surface area contributed by atoms with Crippen LogP contribution in [0, 0.1) is 11.3 Å². The van der Waals surface area contributed by atoms with Crippen molar-refractivity contribution in [2.45, 2.75) is 13.0 Å². The van der Waals surface area contributed by atoms with E-state index >= 15 is 0 Å². The summed E-state index contributed by atoms with van der Waals surface area (Å²) in [5.41, 5.74) is 1.07. The van der Waals surface area contributed by atoms with Crippen molar-refractivity contribution >= 4 is 29.1 Å². The number of carbonyl (C=O) groups is 3. The Balaban J connectivity index is 1.98. The molecular formula is C28H22N2O7. The summed E-state index contributed by atoms with van der Waals surface area (Å²) in [4.78, 5) is 39.5. The predicted octanol–water partition coefficient (Wildman–Crippen LogP) is 4.13. The Labute approximate surface area is 212 Å². The number of benzene rings is 3. The van der Waals surface area contributed by atoms with Crippen molar-refractivity contribution in [3.8, 4) is 23.3 Å². The van der Waals surface area contributed by atoms with Crippen molar-refractivity contribution in [3.05, 3.63) is 89.0 Å². The first-order valence-corrected chi connectivity index (χ1v) is 11.1. The maximum atomic E-state index is 13.4. The second-order valence-corrected chi connectivity index (χ2v) is 8.06. The molecule has 3 aromatic rings. The quantitative estimate of drug-likeness (QED) is 0.177. The van der Waals surface area contributed by atoms with E-state index in [2.05, 4.69) is 0 Å². The van der Waals surface area contributed by atoms with E-state index in [0.29, 0.717) is 22.6 Å². The number of ether oxygens (including phenoxy) is 3. The number of hydrogen-bond acceptors (Lipinski definition) is 8. The number of ketones is 1. The van der Waals surface area contributed by atoms with Crippen LogP contribution < -0.4 is 19.1 Å². The van der Waals surface area contributed by atoms with E-state index in [0.717, 1.165) is 0 Å². The van der Waals surface area contributed by atoms with Crippen molar-refractivity contribution in [2.24, 2.45) is 0 Å². The largest absolute Gasteiger partial charge is 0.507 e. The molecule has 1 aliphatic heterocycles. The third-order valence-corrected chi connectivity index (χ3v) is 5.82. The van der Waals surface area contributed by atoms with Gasteiger partial charge in [0.05, 0.1) is 43.0 Å². The molecule has 1 aliphatic rings. The summed E-state index contributed by atoms with van der Waals surface area (Å²) in [6.45, 7) is 1.25. The first kappa shape index (κ1) is 25.0. The van der Waals surface area contributed by atoms with Crippen LogP contribution in [0.5, 0.6) is 17.2 Å². The van der Waals surface area contributed by atoms with Gasteiger partial charge in [-0.1, -0.05) is 12.1 Å². The highest BCUT2D eigenvalue weighted by molar-refractivity contribution is 6.51. The number of methoxy groups -OCH3 is 2. The fourth-order valence-electron chi connectivity index (χ4n) is 4.17. The molecule has 1 N–H and O–H groups in total. The minimum atomic E-state index is -1.08. The van der Waals surface area contributed by atoms with Crippen molar-refractivity contribution in [1.82, 2.24) is 0 Å². The van der Waals surface area contributed by atoms with Crippen LogP contribution in [0.4, 0.5) is 5.69 Å². The van der Waals surface area contributed by atoms with E-state index in [1.54, 1.807) is 42.5 Å². The zero-order chi connectivity index (χ0) is 26.7. The van der Waals surface area contributed by atoms with Gasteiger partial charge in [-0.15, -0.1) is 0 Å². The van der Waals surface area contributed by atoms with Gasteiger partial charge in [-0.2, -0.15) is 5.26 Å². The van der Waals surface area contributed by atoms with Crippen LogP contribution in [0.15, 0.2) is 72.3 Å². The zero-order valence-electron chi connectivity index (χ0n) is 20.2. The van der Waals surface area contributed by atoms with Gasteiger partial charge in [-0.3, -0.25) is 19.3 Å². The molecule has 0 radical (unpaired) electrons. The molecule has 0 aromatic heterocycles. The molecular weight excluding hydrogens is 476 g/mol. The average molecular weight is 498 g/mol. The lowest BCUT2D eigenvalue weighted by Gasteiger charge is -2.26. The van der Waals surface area contributed by atoms with E-state index in [4.69, 9.17) is 19.5 Å². The van der Waals surface area contributed by atoms with E-state index in [1.165, 1.54) is 50.3 Å². The molecule has 1 fully saturated rings. The molecule has 1 atom stereocenters. The fourth-order valence-corrected chi connectivity index (χ4v) is 4.17. The Morgan fingerprint density at radius 2 is 1.70 bits per heavy atom. The first-order chi connectivity index (χ1) is 17.8. The van der Waals surface area contributed by atoms with Crippen molar-refractivity contribution in [1.29, 1.82) is 5.26 Å². The van der Waals surface area contributed by atoms with Crippen molar-refractivity contribution in [2.75, 3.05) is 19.1 Å². The van der Waals surface area contributed by atoms with Gasteiger partial charge >= 0.3 is 5.97 Å². The molecule has 186 valence electrons. The highest BCUT2D eigenvalue weighted by atomic mass is 16.5. The third kappa shape index (κ3) is 4.73. The van der Waals surface area contributed by atoms with Gasteiger partial charge in [-0.25, -0.2) is 0 Å². The molecule has 1 heterocycles. The Hall–Kier alpha value is -5.10. The number of aliphatic hydroxyl groups is 1. The molecule has 1 saturated heterocycles. The SMILES string of the molecule is COc1ccc(OC)c(/C(O)=C2\C(=O)C(=O)N(c3ccc(C#N)cc3)C2c2cccc(OC(C)=O)c2)c1. The molecule has 4 rings (SSSR count). The molecule has 0 aliphatic carbocycles. The van der Waals surface area contributed by atoms with E-state index < -0.39 is 29.5 Å². The van der Waals surface area contributed by atoms with Crippen molar-refractivity contribution in [3.63, 3.8) is 0 Å². The lowest BCUT2D eigenvalue weighted by atomic mass is 9.94. The van der Waals surface area contributed by atoms with Crippen LogP contribution in [0.1, 0.15) is 29.7 Å². The van der Waals surface area contributed by atoms with Gasteiger partial charge in [0, 0.05) is 12.6 Å². The lowest BCUT2D eigenvalue weighted by Crippen LogP contribution is -2.29. The number of nitrogens with zero attached hydrogens (tertiary/aromatic N) is 2. The summed E-state index contributed by atoms with van der Waals surface area (Å²) in [5, 5.41) is 20.6. The maximum Gasteiger partial charge on any atom is 0.308 e. The minimum absolute atomic E-state index is 0.154. The van der Waals surface area contributed by atoms with Gasteiger partial charge in [0.1, 0.15) is 23.0 Å². The number of rotatable bonds is 6. The third-order valence-electron chi connectivity index (χ3n) is 5.82. The summed E-state index contributed by atoms with van der Waals surface area (Å²) < 4.78 is 15.9. The molecule has 9 nitrogen and oxygen atoms in total. The number of anilines is 1. The molecule has 1 amide bonds. The van der Waals surface area contributed by atoms with Gasteiger partial charge in [-0.05, 0) is 60.2 Å². The summed E-state index contributed by atoms with van der Waals surface area (Å²) in [7, 11) is 2.87. The van der Waals surface area contributed by atoms with Crippen LogP contribution in [0.25, 0.3) is 5.76 Å². The Morgan fingerprint density at radius 3 is 2.32 bits per heavy atom. The molecule has 0 spiro atoms. The van der Waals surface area contributed by atoms with Gasteiger partial charge < -0.3 is 19.3 Å². The Morgan fingerprint density at radius 1 is 0.973 bits per heavy atom. The normalized spacial score (nSPS) is 16.3. The summed E-state index contributed by atoms with van der Waals surface area (Å²) in [6.07, 6.45) is 0. The molecule has 1 unspecified atom stereocenters. The van der Waals surface area contributed by atoms with Crippen LogP contribution >= 0.6 is 0 Å². The number of hydrogen-bond donors (Lipinski definition) is 1. The second-order valence-electron chi connectivity index (χ2n) is 8.06. The summed E-state index contributed by atoms with van der Waals surface area (Å²) >= 11 is 0. The minimum Gasteiger partial charge on any atom is -0.507 e. The smallest absolute Gasteiger partial charge is 0.308 e. The number of carbonyl (C=O) groups excluding carboxylic acids is 3. The van der Waals surface area contributed by atoms with Crippen LogP contribution in [-0.2, 0) is 14.4 Å². The highest BCUT2D eigenvalue weighted by Crippen LogP contribution is 2.44. The highest BCUT2D eigenvalue weighted by Gasteiger charge is 2.47. The van der Waals surface area contributed by atoms with E-state index in [1.807, 2.05) is 6.07 Å². The number of nitriles is 1. The lowest BCUT2D eigenvalue weighted by molar-refractivity contribution is -0.132. The topological polar surface area (TPSA) is 126 Å². The zero-order valence-corrected chi connectivity index (χ0v) is 20.2. The number of esters is 1. The number of Topliss-reactive ketones (excluding diaryl/α,β-unsaturated/α-hetero) is 1. The summed E-state index contributed by atoms with van der Waals surface area (Å²) in [6, 6.07) is 18.1. The fraction of sp³-hybridized carbons (Fsp3) is 0.143. The van der Waals surface area contributed by atoms with Gasteiger partial charge in [0.25, 0.3) is 11.7 Å². The van der Waals surface area contributed by atoms with Crippen molar-refractivity contribution < 1.29 is 33.7 Å². The predicted molar refractivity (Wildman–Crippen MR) is 133 cm³/mol. The average Bonchev–Trinajstić information content (AvgIpc) is 3.17. The van der Waals surface area contributed by atoms with Crippen LogP contribution in [0.3, 0.4) is 0 Å². The van der Waals surface area contributed by atoms with Crippen LogP contribution in [0.2, 0.25) is 0 Å². The molecule has 9 heteroatoms. The van der Waals surface area contributed by atoms with Crippen LogP contribution in [-0.4, -0.2) is 37.0 Å². The second kappa shape index (κ2) is 10.3. The number of amides is 1. The Kier molecular flexibility index (Phi) is 6.93. The van der Waals surface area contributed by atoms with Gasteiger partial charge in [0.2, 0.25) is 0 Å². The molecule has 0 saturated carbocycles. The summed E-state index contributed by atoms with van der Waals surface area (Å²) in [5.74, 6) is -1.94. The monoisotopic (exact) mass is 498 g/mol. The van der Waals surface area contributed by atoms with Gasteiger partial charge in [0.15, 0.2) is 0 Å². The maximum absolute atomic E-state index is 13.4. The number of aliphatic hydroxyl groups excluding tert-OH is 1. The molecule has 0 bridgehead atoms. The van der Waals surface area contributed by atoms with E-state index in [9.17, 15) is 19.5 Å². The van der Waals surface area contributed by atoms with E-state index in [-0.39, 0.29) is 22.6 Å². The molecule has 37 heavy (non-hydrogen) atoms. The first-order valence-electron chi connectivity index (χ1n) is 11.1. The Bertz CT molecular complexity index is 1470. The molecule has 3 aromatic carbocycles. The standard InChI is InChI=1S/C28H22N2O7/c1-16(31)37-21-6-4-5-18(13-21)25-24(26(32)22-14-20(35-2)11-12-23(22)36-3)27(33)28(34)30(25)19-9-7-17(15-29)8-10-19/h4-14,25,32H,1-3H3/b26-24+.